The highest BCUT2D eigenvalue weighted by Crippen LogP contribution is 2.18. The Bertz CT molecular complexity index is 666. The maximum absolute atomic E-state index is 11.8. The lowest BCUT2D eigenvalue weighted by Crippen LogP contribution is -2.27. The number of fused-ring (bicyclic) bond motifs is 1. The van der Waals surface area contributed by atoms with Gasteiger partial charge >= 0.3 is 0 Å². The Morgan fingerprint density at radius 2 is 2.17 bits per heavy atom. The van der Waals surface area contributed by atoms with Gasteiger partial charge in [-0.2, -0.15) is 0 Å². The Kier molecular flexibility index (Phi) is 3.18. The minimum atomic E-state index is -0.492. The van der Waals surface area contributed by atoms with E-state index in [2.05, 4.69) is 15.3 Å². The molecular formula is C11H13IN4O2. The third-order valence-corrected chi connectivity index (χ3v) is 3.13. The van der Waals surface area contributed by atoms with Crippen molar-refractivity contribution in [1.29, 1.82) is 0 Å². The summed E-state index contributed by atoms with van der Waals surface area (Å²) in [5, 5.41) is 3.19. The van der Waals surface area contributed by atoms with E-state index in [1.807, 2.05) is 43.6 Å². The molecule has 0 aliphatic heterocycles. The smallest absolute Gasteiger partial charge is 0.271 e. The molecule has 2 rings (SSSR count). The van der Waals surface area contributed by atoms with Crippen molar-refractivity contribution in [2.75, 3.05) is 5.32 Å². The van der Waals surface area contributed by atoms with Crippen molar-refractivity contribution in [3.63, 3.8) is 0 Å². The highest BCUT2D eigenvalue weighted by atomic mass is 127. The summed E-state index contributed by atoms with van der Waals surface area (Å²) in [7, 11) is 0. The number of H-pyrrole nitrogens is 1. The monoisotopic (exact) mass is 360 g/mol. The number of carbonyl (C=O) groups excluding carboxylic acids is 1. The van der Waals surface area contributed by atoms with E-state index in [1.54, 1.807) is 6.07 Å². The van der Waals surface area contributed by atoms with E-state index in [0.29, 0.717) is 16.9 Å². The summed E-state index contributed by atoms with van der Waals surface area (Å²) < 4.78 is 1.36. The van der Waals surface area contributed by atoms with Gasteiger partial charge in [0.15, 0.2) is 0 Å². The highest BCUT2D eigenvalue weighted by Gasteiger charge is 2.22. The second-order valence-corrected chi connectivity index (χ2v) is 6.05. The van der Waals surface area contributed by atoms with E-state index < -0.39 is 5.41 Å². The van der Waals surface area contributed by atoms with Crippen LogP contribution in [0.1, 0.15) is 20.8 Å². The zero-order chi connectivity index (χ0) is 13.5. The van der Waals surface area contributed by atoms with E-state index in [9.17, 15) is 9.59 Å². The number of carbonyl (C=O) groups is 1. The van der Waals surface area contributed by atoms with Gasteiger partial charge < -0.3 is 10.3 Å². The molecule has 96 valence electrons. The Morgan fingerprint density at radius 3 is 2.78 bits per heavy atom. The van der Waals surface area contributed by atoms with Crippen LogP contribution in [-0.2, 0) is 4.79 Å². The van der Waals surface area contributed by atoms with Crippen LogP contribution >= 0.6 is 22.9 Å². The van der Waals surface area contributed by atoms with Gasteiger partial charge in [0.05, 0.1) is 28.3 Å². The van der Waals surface area contributed by atoms with Crippen LogP contribution in [0, 0.1) is 5.41 Å². The van der Waals surface area contributed by atoms with Crippen molar-refractivity contribution in [3.05, 3.63) is 22.7 Å². The van der Waals surface area contributed by atoms with Crippen LogP contribution in [0.15, 0.2) is 17.2 Å². The number of rotatable bonds is 1. The van der Waals surface area contributed by atoms with Crippen LogP contribution in [0.3, 0.4) is 0 Å². The molecule has 6 nitrogen and oxygen atoms in total. The predicted molar refractivity (Wildman–Crippen MR) is 77.9 cm³/mol. The SMILES string of the molecule is CC(C)(C)C(=O)Nc1cc2c(=O)n(I)cnc2[nH]1. The molecule has 0 fully saturated rings. The summed E-state index contributed by atoms with van der Waals surface area (Å²) in [5.74, 6) is 0.362. The molecule has 2 heterocycles. The Hall–Kier alpha value is -1.38. The molecule has 18 heavy (non-hydrogen) atoms. The Morgan fingerprint density at radius 1 is 1.50 bits per heavy atom. The molecule has 0 aliphatic carbocycles. The van der Waals surface area contributed by atoms with Gasteiger partial charge in [0.1, 0.15) is 17.8 Å². The van der Waals surface area contributed by atoms with E-state index in [0.717, 1.165) is 0 Å². The van der Waals surface area contributed by atoms with E-state index >= 15 is 0 Å². The molecule has 2 aromatic rings. The number of nitrogens with zero attached hydrogens (tertiary/aromatic N) is 2. The lowest BCUT2D eigenvalue weighted by molar-refractivity contribution is -0.123. The molecular weight excluding hydrogens is 347 g/mol. The van der Waals surface area contributed by atoms with E-state index in [4.69, 9.17) is 0 Å². The zero-order valence-corrected chi connectivity index (χ0v) is 12.4. The normalized spacial score (nSPS) is 11.8. The number of anilines is 1. The maximum Gasteiger partial charge on any atom is 0.271 e. The van der Waals surface area contributed by atoms with Crippen molar-refractivity contribution >= 4 is 45.6 Å². The van der Waals surface area contributed by atoms with Gasteiger partial charge in [0.2, 0.25) is 5.91 Å². The lowest BCUT2D eigenvalue weighted by Gasteiger charge is -2.16. The molecule has 0 bridgehead atoms. The van der Waals surface area contributed by atoms with Crippen LogP contribution < -0.4 is 10.9 Å². The first-order valence-electron chi connectivity index (χ1n) is 5.37. The molecule has 2 aromatic heterocycles. The van der Waals surface area contributed by atoms with Crippen molar-refractivity contribution in [2.24, 2.45) is 5.41 Å². The first-order valence-corrected chi connectivity index (χ1v) is 6.33. The lowest BCUT2D eigenvalue weighted by atomic mass is 9.96. The van der Waals surface area contributed by atoms with Crippen molar-refractivity contribution in [2.45, 2.75) is 20.8 Å². The number of hydrogen-bond donors (Lipinski definition) is 2. The molecule has 1 amide bonds. The van der Waals surface area contributed by atoms with Crippen LogP contribution in [0.2, 0.25) is 0 Å². The third kappa shape index (κ3) is 2.40. The van der Waals surface area contributed by atoms with Crippen LogP contribution in [0.4, 0.5) is 5.82 Å². The topological polar surface area (TPSA) is 79.8 Å². The van der Waals surface area contributed by atoms with E-state index in [1.165, 1.54) is 9.11 Å². The molecule has 0 saturated heterocycles. The van der Waals surface area contributed by atoms with E-state index in [-0.39, 0.29) is 11.5 Å². The molecule has 0 radical (unpaired) electrons. The van der Waals surface area contributed by atoms with Gasteiger partial charge in [0.25, 0.3) is 5.56 Å². The molecule has 0 atom stereocenters. The number of aromatic nitrogens is 3. The fourth-order valence-electron chi connectivity index (χ4n) is 1.36. The van der Waals surface area contributed by atoms with Crippen LogP contribution in [0.25, 0.3) is 11.0 Å². The predicted octanol–water partition coefficient (Wildman–Crippen LogP) is 1.91. The highest BCUT2D eigenvalue weighted by molar-refractivity contribution is 14.1. The fraction of sp³-hybridized carbons (Fsp3) is 0.364. The number of nitrogens with one attached hydrogen (secondary N) is 2. The average molecular weight is 360 g/mol. The largest absolute Gasteiger partial charge is 0.326 e. The molecule has 0 aromatic carbocycles. The first-order chi connectivity index (χ1) is 8.29. The van der Waals surface area contributed by atoms with Gasteiger partial charge in [-0.15, -0.1) is 0 Å². The number of halogens is 1. The number of hydrogen-bond acceptors (Lipinski definition) is 3. The van der Waals surface area contributed by atoms with Crippen LogP contribution in [-0.4, -0.2) is 18.7 Å². The van der Waals surface area contributed by atoms with Gasteiger partial charge in [-0.1, -0.05) is 20.8 Å². The fourth-order valence-corrected chi connectivity index (χ4v) is 1.75. The molecule has 2 N–H and O–H groups in total. The number of amides is 1. The quantitative estimate of drug-likeness (QED) is 0.763. The number of aromatic amines is 1. The summed E-state index contributed by atoms with van der Waals surface area (Å²) in [6.45, 7) is 5.46. The molecule has 7 heteroatoms. The third-order valence-electron chi connectivity index (χ3n) is 2.44. The van der Waals surface area contributed by atoms with Gasteiger partial charge in [0, 0.05) is 5.41 Å². The maximum atomic E-state index is 11.8. The standard InChI is InChI=1S/C11H13IN4O2/c1-11(2,3)10(18)15-7-4-6-8(14-7)13-5-16(12)9(6)17/h4-5,14H,1-3H3,(H,15,18). The summed E-state index contributed by atoms with van der Waals surface area (Å²) in [6.07, 6.45) is 1.43. The molecule has 0 saturated carbocycles. The average Bonchev–Trinajstić information content (AvgIpc) is 2.66. The summed E-state index contributed by atoms with van der Waals surface area (Å²) in [5.41, 5.74) is -0.181. The molecule has 0 spiro atoms. The van der Waals surface area contributed by atoms with Crippen molar-refractivity contribution in [3.8, 4) is 0 Å². The Balaban J connectivity index is 2.40. The first kappa shape index (κ1) is 13.1. The minimum absolute atomic E-state index is 0.121. The summed E-state index contributed by atoms with van der Waals surface area (Å²) in [6, 6.07) is 1.60. The van der Waals surface area contributed by atoms with Crippen molar-refractivity contribution < 1.29 is 4.79 Å². The van der Waals surface area contributed by atoms with Crippen molar-refractivity contribution in [1.82, 2.24) is 12.7 Å². The molecule has 0 aliphatic rings. The Labute approximate surface area is 117 Å². The second-order valence-electron chi connectivity index (χ2n) is 5.01. The van der Waals surface area contributed by atoms with Crippen LogP contribution in [0.5, 0.6) is 0 Å². The summed E-state index contributed by atoms with van der Waals surface area (Å²) in [4.78, 5) is 30.6. The summed E-state index contributed by atoms with van der Waals surface area (Å²) >= 11 is 1.86. The van der Waals surface area contributed by atoms with Gasteiger partial charge in [-0.05, 0) is 6.07 Å². The van der Waals surface area contributed by atoms with Gasteiger partial charge in [-0.25, -0.2) is 7.76 Å². The van der Waals surface area contributed by atoms with Gasteiger partial charge in [-0.3, -0.25) is 9.59 Å². The minimum Gasteiger partial charge on any atom is -0.326 e. The second kappa shape index (κ2) is 4.38. The molecule has 0 unspecified atom stereocenters. The zero-order valence-electron chi connectivity index (χ0n) is 10.2.